The molecule has 0 atom stereocenters. The molecule has 116 valence electrons. The lowest BCUT2D eigenvalue weighted by atomic mass is 10.2. The van der Waals surface area contributed by atoms with Crippen LogP contribution in [0.15, 0.2) is 22.9 Å². The van der Waals surface area contributed by atoms with Crippen LogP contribution >= 0.6 is 0 Å². The quantitative estimate of drug-likeness (QED) is 0.809. The van der Waals surface area contributed by atoms with Crippen molar-refractivity contribution in [2.75, 3.05) is 18.4 Å². The van der Waals surface area contributed by atoms with E-state index < -0.39 is 0 Å². The molecule has 2 aromatic rings. The standard InChI is InChI=1S/C15H19N5O2/c1-2-16-14(21)11-5-6-12(18-9-11)17-8-7-13-19-15(22-20-13)10-3-4-10/h5-6,9-10H,2-4,7-8H2,1H3,(H,16,21)(H,17,18). The van der Waals surface area contributed by atoms with E-state index in [0.29, 0.717) is 36.8 Å². The van der Waals surface area contributed by atoms with Crippen molar-refractivity contribution in [3.05, 3.63) is 35.6 Å². The molecule has 7 nitrogen and oxygen atoms in total. The lowest BCUT2D eigenvalue weighted by Gasteiger charge is -2.05. The van der Waals surface area contributed by atoms with Gasteiger partial charge < -0.3 is 15.2 Å². The molecule has 2 aromatic heterocycles. The highest BCUT2D eigenvalue weighted by Crippen LogP contribution is 2.38. The Balaban J connectivity index is 1.47. The maximum atomic E-state index is 11.6. The zero-order valence-electron chi connectivity index (χ0n) is 12.5. The second-order valence-electron chi connectivity index (χ2n) is 5.29. The van der Waals surface area contributed by atoms with Crippen LogP contribution in [0.3, 0.4) is 0 Å². The number of amides is 1. The highest BCUT2D eigenvalue weighted by atomic mass is 16.5. The van der Waals surface area contributed by atoms with Crippen molar-refractivity contribution in [1.29, 1.82) is 0 Å². The summed E-state index contributed by atoms with van der Waals surface area (Å²) >= 11 is 0. The van der Waals surface area contributed by atoms with Crippen LogP contribution in [-0.4, -0.2) is 34.1 Å². The number of hydrogen-bond acceptors (Lipinski definition) is 6. The molecular weight excluding hydrogens is 282 g/mol. The van der Waals surface area contributed by atoms with E-state index in [9.17, 15) is 4.79 Å². The van der Waals surface area contributed by atoms with E-state index in [1.807, 2.05) is 6.92 Å². The van der Waals surface area contributed by atoms with Gasteiger partial charge in [-0.2, -0.15) is 4.98 Å². The first-order chi connectivity index (χ1) is 10.8. The third-order valence-electron chi connectivity index (χ3n) is 3.43. The van der Waals surface area contributed by atoms with Crippen LogP contribution < -0.4 is 10.6 Å². The fourth-order valence-electron chi connectivity index (χ4n) is 2.06. The Hall–Kier alpha value is -2.44. The van der Waals surface area contributed by atoms with Gasteiger partial charge in [-0.25, -0.2) is 4.98 Å². The molecule has 0 spiro atoms. The van der Waals surface area contributed by atoms with Gasteiger partial charge in [0.25, 0.3) is 5.91 Å². The van der Waals surface area contributed by atoms with Gasteiger partial charge in [0, 0.05) is 31.6 Å². The molecule has 1 aliphatic rings. The summed E-state index contributed by atoms with van der Waals surface area (Å²) in [6, 6.07) is 3.54. The topological polar surface area (TPSA) is 92.9 Å². The average Bonchev–Trinajstić information content (AvgIpc) is 3.28. The summed E-state index contributed by atoms with van der Waals surface area (Å²) in [7, 11) is 0. The first-order valence-corrected chi connectivity index (χ1v) is 7.57. The summed E-state index contributed by atoms with van der Waals surface area (Å²) in [6.45, 7) is 3.15. The van der Waals surface area contributed by atoms with Crippen molar-refractivity contribution in [3.8, 4) is 0 Å². The summed E-state index contributed by atoms with van der Waals surface area (Å²) in [6.07, 6.45) is 4.55. The van der Waals surface area contributed by atoms with Gasteiger partial charge in [0.2, 0.25) is 5.89 Å². The van der Waals surface area contributed by atoms with Gasteiger partial charge in [0.05, 0.1) is 5.56 Å². The Labute approximate surface area is 128 Å². The van der Waals surface area contributed by atoms with Crippen LogP contribution in [0.1, 0.15) is 47.8 Å². The van der Waals surface area contributed by atoms with Crippen molar-refractivity contribution in [2.24, 2.45) is 0 Å². The van der Waals surface area contributed by atoms with Gasteiger partial charge in [-0.3, -0.25) is 4.79 Å². The van der Waals surface area contributed by atoms with E-state index in [2.05, 4.69) is 25.8 Å². The molecule has 1 fully saturated rings. The molecule has 0 saturated heterocycles. The minimum Gasteiger partial charge on any atom is -0.370 e. The van der Waals surface area contributed by atoms with Gasteiger partial charge in [-0.05, 0) is 31.9 Å². The molecule has 1 amide bonds. The lowest BCUT2D eigenvalue weighted by molar-refractivity contribution is 0.0955. The molecule has 22 heavy (non-hydrogen) atoms. The van der Waals surface area contributed by atoms with Gasteiger partial charge in [0.1, 0.15) is 5.82 Å². The van der Waals surface area contributed by atoms with Crippen LogP contribution in [0.5, 0.6) is 0 Å². The highest BCUT2D eigenvalue weighted by Gasteiger charge is 2.29. The lowest BCUT2D eigenvalue weighted by Crippen LogP contribution is -2.22. The van der Waals surface area contributed by atoms with E-state index in [4.69, 9.17) is 4.52 Å². The number of aromatic nitrogens is 3. The first-order valence-electron chi connectivity index (χ1n) is 7.57. The van der Waals surface area contributed by atoms with Crippen LogP contribution in [0.25, 0.3) is 0 Å². The fourth-order valence-corrected chi connectivity index (χ4v) is 2.06. The smallest absolute Gasteiger partial charge is 0.252 e. The molecule has 0 radical (unpaired) electrons. The maximum absolute atomic E-state index is 11.6. The molecule has 0 bridgehead atoms. The van der Waals surface area contributed by atoms with E-state index in [0.717, 1.165) is 24.6 Å². The molecule has 7 heteroatoms. The van der Waals surface area contributed by atoms with Gasteiger partial charge >= 0.3 is 0 Å². The number of rotatable bonds is 7. The Morgan fingerprint density at radius 3 is 2.95 bits per heavy atom. The van der Waals surface area contributed by atoms with Crippen molar-refractivity contribution >= 4 is 11.7 Å². The molecule has 0 unspecified atom stereocenters. The van der Waals surface area contributed by atoms with Crippen molar-refractivity contribution in [1.82, 2.24) is 20.4 Å². The average molecular weight is 301 g/mol. The predicted octanol–water partition coefficient (Wildman–Crippen LogP) is 1.75. The summed E-state index contributed by atoms with van der Waals surface area (Å²) < 4.78 is 5.21. The Kier molecular flexibility index (Phi) is 4.32. The zero-order valence-corrected chi connectivity index (χ0v) is 12.5. The number of anilines is 1. The van der Waals surface area contributed by atoms with E-state index in [-0.39, 0.29) is 5.91 Å². The Morgan fingerprint density at radius 1 is 1.41 bits per heavy atom. The third-order valence-corrected chi connectivity index (χ3v) is 3.43. The Bertz CT molecular complexity index is 634. The molecule has 3 rings (SSSR count). The number of nitrogens with one attached hydrogen (secondary N) is 2. The van der Waals surface area contributed by atoms with Crippen molar-refractivity contribution in [2.45, 2.75) is 32.1 Å². The predicted molar refractivity (Wildman–Crippen MR) is 80.7 cm³/mol. The monoisotopic (exact) mass is 301 g/mol. The number of carbonyl (C=O) groups is 1. The summed E-state index contributed by atoms with van der Waals surface area (Å²) in [5.41, 5.74) is 0.555. The summed E-state index contributed by atoms with van der Waals surface area (Å²) in [5, 5.41) is 9.88. The van der Waals surface area contributed by atoms with Crippen LogP contribution in [0.2, 0.25) is 0 Å². The minimum absolute atomic E-state index is 0.110. The number of nitrogens with zero attached hydrogens (tertiary/aromatic N) is 3. The van der Waals surface area contributed by atoms with Crippen molar-refractivity contribution in [3.63, 3.8) is 0 Å². The van der Waals surface area contributed by atoms with E-state index >= 15 is 0 Å². The second kappa shape index (κ2) is 6.55. The largest absolute Gasteiger partial charge is 0.370 e. The summed E-state index contributed by atoms with van der Waals surface area (Å²) in [4.78, 5) is 20.2. The molecule has 1 aliphatic carbocycles. The number of carbonyl (C=O) groups excluding carboxylic acids is 1. The van der Waals surface area contributed by atoms with Gasteiger partial charge in [-0.15, -0.1) is 0 Å². The van der Waals surface area contributed by atoms with E-state index in [1.165, 1.54) is 0 Å². The normalized spacial score (nSPS) is 13.9. The van der Waals surface area contributed by atoms with E-state index in [1.54, 1.807) is 18.3 Å². The molecule has 2 heterocycles. The van der Waals surface area contributed by atoms with Crippen LogP contribution in [-0.2, 0) is 6.42 Å². The molecular formula is C15H19N5O2. The SMILES string of the molecule is CCNC(=O)c1ccc(NCCc2noc(C3CC3)n2)nc1. The number of pyridine rings is 1. The zero-order chi connectivity index (χ0) is 15.4. The molecule has 0 aliphatic heterocycles. The number of hydrogen-bond donors (Lipinski definition) is 2. The molecule has 2 N–H and O–H groups in total. The van der Waals surface area contributed by atoms with Gasteiger partial charge in [0.15, 0.2) is 5.82 Å². The highest BCUT2D eigenvalue weighted by molar-refractivity contribution is 5.93. The van der Waals surface area contributed by atoms with Crippen molar-refractivity contribution < 1.29 is 9.32 Å². The summed E-state index contributed by atoms with van der Waals surface area (Å²) in [5.74, 6) is 2.57. The first kappa shape index (κ1) is 14.5. The second-order valence-corrected chi connectivity index (χ2v) is 5.29. The molecule has 1 saturated carbocycles. The van der Waals surface area contributed by atoms with Crippen LogP contribution in [0, 0.1) is 0 Å². The van der Waals surface area contributed by atoms with Gasteiger partial charge in [-0.1, -0.05) is 5.16 Å². The minimum atomic E-state index is -0.110. The molecule has 0 aromatic carbocycles. The maximum Gasteiger partial charge on any atom is 0.252 e. The third kappa shape index (κ3) is 3.60. The fraction of sp³-hybridized carbons (Fsp3) is 0.467. The van der Waals surface area contributed by atoms with Crippen LogP contribution in [0.4, 0.5) is 5.82 Å². The Morgan fingerprint density at radius 2 is 2.27 bits per heavy atom.